The third-order valence-electron chi connectivity index (χ3n) is 3.54. The van der Waals surface area contributed by atoms with Gasteiger partial charge in [0.25, 0.3) is 0 Å². The summed E-state index contributed by atoms with van der Waals surface area (Å²) in [4.78, 5) is 42.1. The number of carboxylic acid groups (broad SMARTS) is 4. The first-order chi connectivity index (χ1) is 11.4. The van der Waals surface area contributed by atoms with Crippen LogP contribution in [0.15, 0.2) is 0 Å². The summed E-state index contributed by atoms with van der Waals surface area (Å²) >= 11 is 0. The fourth-order valence-corrected chi connectivity index (χ4v) is 2.30. The first kappa shape index (κ1) is 26.0. The molecule has 0 heterocycles. The average Bonchev–Trinajstić information content (AvgIpc) is 2.39. The third-order valence-corrected chi connectivity index (χ3v) is 3.54. The molecule has 152 valence electrons. The van der Waals surface area contributed by atoms with E-state index in [0.717, 1.165) is 0 Å². The van der Waals surface area contributed by atoms with Crippen LogP contribution in [0, 0.1) is 22.7 Å². The molecule has 0 aromatic carbocycles. The highest BCUT2D eigenvalue weighted by molar-refractivity contribution is 5.83. The molecule has 0 aliphatic carbocycles. The van der Waals surface area contributed by atoms with E-state index < -0.39 is 58.8 Å². The Morgan fingerprint density at radius 1 is 0.538 bits per heavy atom. The van der Waals surface area contributed by atoms with Gasteiger partial charge >= 0.3 is 23.9 Å². The molecule has 6 N–H and O–H groups in total. The zero-order valence-electron chi connectivity index (χ0n) is 15.6. The van der Waals surface area contributed by atoms with Gasteiger partial charge < -0.3 is 30.6 Å². The van der Waals surface area contributed by atoms with Crippen LogP contribution in [-0.4, -0.2) is 66.7 Å². The molecule has 0 rings (SSSR count). The number of hydrogen-bond donors (Lipinski definition) is 6. The predicted molar refractivity (Wildman–Crippen MR) is 88.4 cm³/mol. The van der Waals surface area contributed by atoms with Gasteiger partial charge in [0, 0.05) is 0 Å². The van der Waals surface area contributed by atoms with Crippen LogP contribution in [0.3, 0.4) is 0 Å². The Kier molecular flexibility index (Phi) is 9.50. The van der Waals surface area contributed by atoms with Gasteiger partial charge in [0.1, 0.15) is 0 Å². The van der Waals surface area contributed by atoms with Crippen molar-refractivity contribution >= 4 is 23.9 Å². The van der Waals surface area contributed by atoms with Crippen molar-refractivity contribution in [3.63, 3.8) is 0 Å². The summed E-state index contributed by atoms with van der Waals surface area (Å²) in [6.07, 6.45) is -4.53. The molecule has 4 unspecified atom stereocenters. The largest absolute Gasteiger partial charge is 0.481 e. The fourth-order valence-electron chi connectivity index (χ4n) is 2.30. The molecule has 0 radical (unpaired) electrons. The summed E-state index contributed by atoms with van der Waals surface area (Å²) in [7, 11) is 0. The van der Waals surface area contributed by atoms with Gasteiger partial charge in [-0.3, -0.25) is 9.59 Å². The molecule has 0 aromatic rings. The number of aliphatic carboxylic acids is 4. The molecule has 26 heavy (non-hydrogen) atoms. The molecular formula is C16H28O10. The Balaban J connectivity index is 0. The zero-order chi connectivity index (χ0) is 21.6. The van der Waals surface area contributed by atoms with E-state index >= 15 is 0 Å². The molecule has 10 nitrogen and oxygen atoms in total. The van der Waals surface area contributed by atoms with Crippen LogP contribution in [0.1, 0.15) is 41.5 Å². The topological polar surface area (TPSA) is 190 Å². The predicted octanol–water partition coefficient (Wildman–Crippen LogP) is 0.358. The summed E-state index contributed by atoms with van der Waals surface area (Å²) in [5.41, 5.74) is -1.16. The normalized spacial score (nSPS) is 16.3. The van der Waals surface area contributed by atoms with E-state index in [-0.39, 0.29) is 0 Å². The second-order valence-corrected chi connectivity index (χ2v) is 7.93. The minimum atomic E-state index is -2.27. The average molecular weight is 380 g/mol. The molecule has 4 atom stereocenters. The number of hydrogen-bond acceptors (Lipinski definition) is 6. The Morgan fingerprint density at radius 2 is 0.731 bits per heavy atom. The molecular weight excluding hydrogens is 352 g/mol. The maximum Gasteiger partial charge on any atom is 0.335 e. The lowest BCUT2D eigenvalue weighted by Crippen LogP contribution is -2.45. The van der Waals surface area contributed by atoms with Crippen molar-refractivity contribution in [2.75, 3.05) is 0 Å². The summed E-state index contributed by atoms with van der Waals surface area (Å²) in [6.45, 7) is 10.5. The van der Waals surface area contributed by atoms with Crippen LogP contribution < -0.4 is 0 Å². The Morgan fingerprint density at radius 3 is 0.808 bits per heavy atom. The maximum absolute atomic E-state index is 11.3. The monoisotopic (exact) mass is 380 g/mol. The lowest BCUT2D eigenvalue weighted by atomic mass is 9.64. The molecule has 0 aromatic heterocycles. The highest BCUT2D eigenvalue weighted by Crippen LogP contribution is 2.41. The standard InChI is InChI=1S/C12H22O4.C4H6O6/c1-11(2,3)7(9(13)14)8(10(15)16)12(4,5)6;5-1(3(7)8)2(6)4(9)10/h7-8H,1-6H3,(H,13,14)(H,15,16);1-2,5-6H,(H,7,8)(H,9,10). The van der Waals surface area contributed by atoms with E-state index in [1.54, 1.807) is 41.5 Å². The lowest BCUT2D eigenvalue weighted by Gasteiger charge is -2.38. The smallest absolute Gasteiger partial charge is 0.335 e. The van der Waals surface area contributed by atoms with E-state index in [0.29, 0.717) is 0 Å². The summed E-state index contributed by atoms with van der Waals surface area (Å²) < 4.78 is 0. The van der Waals surface area contributed by atoms with E-state index in [9.17, 15) is 29.4 Å². The zero-order valence-corrected chi connectivity index (χ0v) is 15.6. The van der Waals surface area contributed by atoms with E-state index in [1.165, 1.54) is 0 Å². The van der Waals surface area contributed by atoms with Crippen LogP contribution in [-0.2, 0) is 19.2 Å². The number of rotatable bonds is 6. The first-order valence-electron chi connectivity index (χ1n) is 7.63. The van der Waals surface area contributed by atoms with Crippen molar-refractivity contribution in [2.45, 2.75) is 53.8 Å². The van der Waals surface area contributed by atoms with Gasteiger partial charge in [-0.05, 0) is 10.8 Å². The van der Waals surface area contributed by atoms with Crippen LogP contribution in [0.4, 0.5) is 0 Å². The summed E-state index contributed by atoms with van der Waals surface area (Å²) in [6, 6.07) is 0. The van der Waals surface area contributed by atoms with Gasteiger partial charge in [0.15, 0.2) is 12.2 Å². The molecule has 0 aliphatic heterocycles. The van der Waals surface area contributed by atoms with E-state index in [1.807, 2.05) is 0 Å². The molecule has 0 fully saturated rings. The lowest BCUT2D eigenvalue weighted by molar-refractivity contribution is -0.165. The molecule has 0 amide bonds. The van der Waals surface area contributed by atoms with Crippen molar-refractivity contribution in [3.05, 3.63) is 0 Å². The van der Waals surface area contributed by atoms with Crippen LogP contribution in [0.2, 0.25) is 0 Å². The third kappa shape index (κ3) is 8.26. The Hall–Kier alpha value is -2.20. The van der Waals surface area contributed by atoms with Crippen LogP contribution in [0.25, 0.3) is 0 Å². The number of carboxylic acids is 4. The quantitative estimate of drug-likeness (QED) is 0.375. The fraction of sp³-hybridized carbons (Fsp3) is 0.750. The highest BCUT2D eigenvalue weighted by Gasteiger charge is 2.47. The van der Waals surface area contributed by atoms with Crippen molar-refractivity contribution in [2.24, 2.45) is 22.7 Å². The van der Waals surface area contributed by atoms with E-state index in [2.05, 4.69) is 0 Å². The SMILES string of the molecule is CC(C)(C)C(C(=O)O)C(C(=O)O)C(C)(C)C.O=C(O)C(O)C(O)C(=O)O. The molecule has 0 bridgehead atoms. The first-order valence-corrected chi connectivity index (χ1v) is 7.63. The molecule has 10 heteroatoms. The van der Waals surface area contributed by atoms with Gasteiger partial charge in [0.05, 0.1) is 11.8 Å². The number of aliphatic hydroxyl groups excluding tert-OH is 2. The van der Waals surface area contributed by atoms with Gasteiger partial charge in [-0.15, -0.1) is 0 Å². The second-order valence-electron chi connectivity index (χ2n) is 7.93. The van der Waals surface area contributed by atoms with Gasteiger partial charge in [-0.2, -0.15) is 0 Å². The van der Waals surface area contributed by atoms with Crippen LogP contribution >= 0.6 is 0 Å². The Bertz CT molecular complexity index is 478. The summed E-state index contributed by atoms with van der Waals surface area (Å²) in [5.74, 6) is -7.43. The molecule has 0 aliphatic rings. The summed E-state index contributed by atoms with van der Waals surface area (Å²) in [5, 5.41) is 51.0. The van der Waals surface area contributed by atoms with Gasteiger partial charge in [-0.1, -0.05) is 41.5 Å². The number of aliphatic hydroxyl groups is 2. The van der Waals surface area contributed by atoms with Crippen molar-refractivity contribution in [1.29, 1.82) is 0 Å². The molecule has 0 saturated carbocycles. The van der Waals surface area contributed by atoms with Crippen molar-refractivity contribution < 1.29 is 49.8 Å². The molecule has 0 spiro atoms. The van der Waals surface area contributed by atoms with Gasteiger partial charge in [-0.25, -0.2) is 9.59 Å². The highest BCUT2D eigenvalue weighted by atomic mass is 16.4. The van der Waals surface area contributed by atoms with Gasteiger partial charge in [0.2, 0.25) is 0 Å². The maximum atomic E-state index is 11.3. The van der Waals surface area contributed by atoms with Crippen LogP contribution in [0.5, 0.6) is 0 Å². The minimum Gasteiger partial charge on any atom is -0.481 e. The second kappa shape index (κ2) is 9.48. The van der Waals surface area contributed by atoms with Crippen molar-refractivity contribution in [3.8, 4) is 0 Å². The van der Waals surface area contributed by atoms with E-state index in [4.69, 9.17) is 20.4 Å². The minimum absolute atomic E-state index is 0.581. The Labute approximate surface area is 151 Å². The van der Waals surface area contributed by atoms with Crippen molar-refractivity contribution in [1.82, 2.24) is 0 Å². The molecule has 0 saturated heterocycles. The number of carbonyl (C=O) groups is 4.